The number of benzene rings is 1. The zero-order valence-electron chi connectivity index (χ0n) is 11.8. The monoisotopic (exact) mass is 267 g/mol. The van der Waals surface area contributed by atoms with Crippen molar-refractivity contribution in [1.29, 1.82) is 0 Å². The van der Waals surface area contributed by atoms with Gasteiger partial charge in [-0.2, -0.15) is 0 Å². The van der Waals surface area contributed by atoms with Gasteiger partial charge < -0.3 is 10.1 Å². The van der Waals surface area contributed by atoms with Gasteiger partial charge in [-0.25, -0.2) is 0 Å². The summed E-state index contributed by atoms with van der Waals surface area (Å²) >= 11 is 1.98. The molecule has 0 unspecified atom stereocenters. The minimum atomic E-state index is 0.803. The molecule has 0 spiro atoms. The molecule has 2 nitrogen and oxygen atoms in total. The van der Waals surface area contributed by atoms with Crippen molar-refractivity contribution in [2.24, 2.45) is 0 Å². The quantitative estimate of drug-likeness (QED) is 0.547. The van der Waals surface area contributed by atoms with Crippen molar-refractivity contribution in [3.63, 3.8) is 0 Å². The molecule has 0 saturated heterocycles. The number of hydrogen-bond acceptors (Lipinski definition) is 3. The summed E-state index contributed by atoms with van der Waals surface area (Å²) in [5.74, 6) is 1.20. The van der Waals surface area contributed by atoms with Crippen LogP contribution in [0.4, 0.5) is 0 Å². The molecular weight excluding hydrogens is 242 g/mol. The Morgan fingerprint density at radius 1 is 1.17 bits per heavy atom. The van der Waals surface area contributed by atoms with Crippen LogP contribution in [0.15, 0.2) is 23.1 Å². The summed E-state index contributed by atoms with van der Waals surface area (Å²) in [6, 6.07) is 6.68. The maximum absolute atomic E-state index is 4.99. The molecule has 1 aromatic rings. The Morgan fingerprint density at radius 2 is 2.00 bits per heavy atom. The zero-order valence-corrected chi connectivity index (χ0v) is 12.6. The minimum absolute atomic E-state index is 0.803. The molecule has 3 heteroatoms. The van der Waals surface area contributed by atoms with Crippen molar-refractivity contribution < 1.29 is 4.74 Å². The molecule has 0 bridgehead atoms. The lowest BCUT2D eigenvalue weighted by Crippen LogP contribution is -2.20. The smallest absolute Gasteiger partial charge is 0.0587 e. The summed E-state index contributed by atoms with van der Waals surface area (Å²) in [6.07, 6.45) is 2.50. The van der Waals surface area contributed by atoms with Crippen molar-refractivity contribution in [2.45, 2.75) is 31.6 Å². The second-order valence-corrected chi connectivity index (χ2v) is 5.70. The molecule has 0 aromatic heterocycles. The van der Waals surface area contributed by atoms with Crippen LogP contribution in [0.25, 0.3) is 0 Å². The Bertz CT molecular complexity index is 341. The van der Waals surface area contributed by atoms with Gasteiger partial charge in [-0.15, -0.1) is 11.8 Å². The van der Waals surface area contributed by atoms with Crippen molar-refractivity contribution >= 4 is 11.8 Å². The van der Waals surface area contributed by atoms with Crippen LogP contribution in [-0.4, -0.2) is 32.6 Å². The lowest BCUT2D eigenvalue weighted by Gasteiger charge is -2.07. The predicted molar refractivity (Wildman–Crippen MR) is 80.6 cm³/mol. The highest BCUT2D eigenvalue weighted by Crippen LogP contribution is 2.24. The molecule has 102 valence electrons. The summed E-state index contributed by atoms with van der Waals surface area (Å²) in [4.78, 5) is 1.43. The van der Waals surface area contributed by atoms with Crippen LogP contribution in [0, 0.1) is 13.8 Å². The first kappa shape index (κ1) is 15.5. The van der Waals surface area contributed by atoms with E-state index in [0.29, 0.717) is 0 Å². The third-order valence-electron chi connectivity index (χ3n) is 2.83. The zero-order chi connectivity index (χ0) is 13.2. The number of thioether (sulfide) groups is 1. The fourth-order valence-electron chi connectivity index (χ4n) is 1.70. The molecule has 0 aliphatic heterocycles. The molecule has 0 saturated carbocycles. The third-order valence-corrected chi connectivity index (χ3v) is 4.08. The van der Waals surface area contributed by atoms with E-state index in [4.69, 9.17) is 4.74 Å². The number of aryl methyl sites for hydroxylation is 2. The maximum atomic E-state index is 4.99. The Hall–Kier alpha value is -0.510. The van der Waals surface area contributed by atoms with E-state index >= 15 is 0 Å². The normalized spacial score (nSPS) is 10.8. The fraction of sp³-hybridized carbons (Fsp3) is 0.600. The average molecular weight is 267 g/mol. The number of ether oxygens (including phenoxy) is 1. The van der Waals surface area contributed by atoms with Crippen LogP contribution in [0.1, 0.15) is 24.0 Å². The maximum Gasteiger partial charge on any atom is 0.0587 e. The SMILES string of the molecule is COCCNCCCCSc1cc(C)ccc1C. The van der Waals surface area contributed by atoms with Gasteiger partial charge in [0.15, 0.2) is 0 Å². The molecule has 0 amide bonds. The van der Waals surface area contributed by atoms with Gasteiger partial charge in [0.1, 0.15) is 0 Å². The highest BCUT2D eigenvalue weighted by atomic mass is 32.2. The molecule has 1 aromatic carbocycles. The number of rotatable bonds is 9. The Morgan fingerprint density at radius 3 is 2.78 bits per heavy atom. The average Bonchev–Trinajstić information content (AvgIpc) is 2.36. The van der Waals surface area contributed by atoms with Crippen LogP contribution in [0.2, 0.25) is 0 Å². The second kappa shape index (κ2) is 9.42. The summed E-state index contributed by atoms with van der Waals surface area (Å²) in [7, 11) is 1.74. The Labute approximate surface area is 116 Å². The first-order chi connectivity index (χ1) is 8.74. The standard InChI is InChI=1S/C15H25NOS/c1-13-6-7-14(2)15(12-13)18-11-5-4-8-16-9-10-17-3/h6-7,12,16H,4-5,8-11H2,1-3H3. The van der Waals surface area contributed by atoms with Gasteiger partial charge in [0, 0.05) is 18.6 Å². The number of unbranched alkanes of at least 4 members (excludes halogenated alkanes) is 1. The van der Waals surface area contributed by atoms with Gasteiger partial charge in [-0.3, -0.25) is 0 Å². The van der Waals surface area contributed by atoms with Gasteiger partial charge in [-0.05, 0) is 50.6 Å². The molecule has 0 heterocycles. The van der Waals surface area contributed by atoms with Crippen LogP contribution < -0.4 is 5.32 Å². The fourth-order valence-corrected chi connectivity index (χ4v) is 2.83. The van der Waals surface area contributed by atoms with Crippen LogP contribution in [0.5, 0.6) is 0 Å². The van der Waals surface area contributed by atoms with E-state index < -0.39 is 0 Å². The summed E-state index contributed by atoms with van der Waals surface area (Å²) < 4.78 is 4.99. The lowest BCUT2D eigenvalue weighted by molar-refractivity contribution is 0.199. The molecule has 0 fully saturated rings. The van der Waals surface area contributed by atoms with E-state index in [0.717, 1.165) is 19.7 Å². The van der Waals surface area contributed by atoms with Crippen molar-refractivity contribution in [1.82, 2.24) is 5.32 Å². The number of methoxy groups -OCH3 is 1. The Kier molecular flexibility index (Phi) is 8.14. The summed E-state index contributed by atoms with van der Waals surface area (Å²) in [6.45, 7) is 7.20. The molecule has 0 atom stereocenters. The molecule has 1 N–H and O–H groups in total. The first-order valence-corrected chi connectivity index (χ1v) is 7.62. The topological polar surface area (TPSA) is 21.3 Å². The number of hydrogen-bond donors (Lipinski definition) is 1. The van der Waals surface area contributed by atoms with Gasteiger partial charge in [0.2, 0.25) is 0 Å². The first-order valence-electron chi connectivity index (χ1n) is 6.63. The molecule has 0 radical (unpaired) electrons. The van der Waals surface area contributed by atoms with Crippen LogP contribution in [-0.2, 0) is 4.74 Å². The van der Waals surface area contributed by atoms with Crippen LogP contribution >= 0.6 is 11.8 Å². The number of nitrogens with one attached hydrogen (secondary N) is 1. The van der Waals surface area contributed by atoms with Crippen molar-refractivity contribution in [2.75, 3.05) is 32.6 Å². The largest absolute Gasteiger partial charge is 0.383 e. The highest BCUT2D eigenvalue weighted by molar-refractivity contribution is 7.99. The summed E-state index contributed by atoms with van der Waals surface area (Å²) in [5.41, 5.74) is 2.74. The van der Waals surface area contributed by atoms with E-state index in [2.05, 4.69) is 37.4 Å². The second-order valence-electron chi connectivity index (χ2n) is 4.57. The predicted octanol–water partition coefficient (Wildman–Crippen LogP) is 3.41. The Balaban J connectivity index is 2.09. The minimum Gasteiger partial charge on any atom is -0.383 e. The molecule has 0 aliphatic carbocycles. The van der Waals surface area contributed by atoms with E-state index in [9.17, 15) is 0 Å². The molecule has 18 heavy (non-hydrogen) atoms. The molecule has 1 rings (SSSR count). The van der Waals surface area contributed by atoms with Crippen LogP contribution in [0.3, 0.4) is 0 Å². The van der Waals surface area contributed by atoms with Gasteiger partial charge in [-0.1, -0.05) is 17.7 Å². The van der Waals surface area contributed by atoms with Crippen molar-refractivity contribution in [3.8, 4) is 0 Å². The lowest BCUT2D eigenvalue weighted by atomic mass is 10.2. The summed E-state index contributed by atoms with van der Waals surface area (Å²) in [5, 5.41) is 3.37. The van der Waals surface area contributed by atoms with E-state index in [1.54, 1.807) is 7.11 Å². The van der Waals surface area contributed by atoms with E-state index in [1.807, 2.05) is 11.8 Å². The van der Waals surface area contributed by atoms with Gasteiger partial charge >= 0.3 is 0 Å². The van der Waals surface area contributed by atoms with Gasteiger partial charge in [0.25, 0.3) is 0 Å². The highest BCUT2D eigenvalue weighted by Gasteiger charge is 1.99. The molecule has 0 aliphatic rings. The van der Waals surface area contributed by atoms with Crippen molar-refractivity contribution in [3.05, 3.63) is 29.3 Å². The van der Waals surface area contributed by atoms with E-state index in [-0.39, 0.29) is 0 Å². The van der Waals surface area contributed by atoms with E-state index in [1.165, 1.54) is 34.6 Å². The molecular formula is C15H25NOS. The third kappa shape index (κ3) is 6.43. The van der Waals surface area contributed by atoms with Gasteiger partial charge in [0.05, 0.1) is 6.61 Å².